The molecule has 1 fully saturated rings. The molecule has 1 unspecified atom stereocenters. The number of likely N-dealkylation sites (tertiary alicyclic amines) is 1. The number of carbonyl (C=O) groups is 1. The van der Waals surface area contributed by atoms with Crippen LogP contribution in [0.4, 0.5) is 0 Å². The number of aromatic nitrogens is 1. The number of piperidine rings is 1. The lowest BCUT2D eigenvalue weighted by Gasteiger charge is -2.26. The van der Waals surface area contributed by atoms with Crippen molar-refractivity contribution >= 4 is 5.91 Å². The van der Waals surface area contributed by atoms with Gasteiger partial charge in [0.05, 0.1) is 6.61 Å². The molecule has 1 aliphatic heterocycles. The summed E-state index contributed by atoms with van der Waals surface area (Å²) in [6.45, 7) is 3.39. The molecule has 20 heavy (non-hydrogen) atoms. The van der Waals surface area contributed by atoms with E-state index in [0.29, 0.717) is 6.54 Å². The van der Waals surface area contributed by atoms with Crippen LogP contribution in [0.25, 0.3) is 0 Å². The van der Waals surface area contributed by atoms with Gasteiger partial charge >= 0.3 is 0 Å². The molecule has 2 rings (SSSR count). The zero-order chi connectivity index (χ0) is 14.4. The van der Waals surface area contributed by atoms with Gasteiger partial charge in [-0.3, -0.25) is 4.79 Å². The monoisotopic (exact) mass is 282 g/mol. The van der Waals surface area contributed by atoms with Crippen LogP contribution in [0, 0.1) is 0 Å². The van der Waals surface area contributed by atoms with Crippen molar-refractivity contribution in [2.45, 2.75) is 25.3 Å². The predicted molar refractivity (Wildman–Crippen MR) is 73.1 cm³/mol. The molecule has 112 valence electrons. The molecule has 1 aliphatic rings. The first kappa shape index (κ1) is 15.0. The van der Waals surface area contributed by atoms with Gasteiger partial charge in [-0.25, -0.2) is 4.98 Å². The van der Waals surface area contributed by atoms with Gasteiger partial charge in [0, 0.05) is 13.1 Å². The van der Waals surface area contributed by atoms with Crippen LogP contribution in [0.15, 0.2) is 10.7 Å². The third-order valence-corrected chi connectivity index (χ3v) is 3.43. The molecule has 7 heteroatoms. The number of hydrogen-bond donors (Lipinski definition) is 3. The largest absolute Gasteiger partial charge is 0.446 e. The molecule has 1 saturated heterocycles. The number of aliphatic hydroxyl groups is 1. The summed E-state index contributed by atoms with van der Waals surface area (Å²) in [5.41, 5.74) is 5.76. The first-order valence-electron chi connectivity index (χ1n) is 7.03. The molecule has 0 saturated carbocycles. The molecule has 2 heterocycles. The number of carbonyl (C=O) groups excluding carboxylic acids is 1. The van der Waals surface area contributed by atoms with Crippen molar-refractivity contribution in [2.75, 3.05) is 32.8 Å². The summed E-state index contributed by atoms with van der Waals surface area (Å²) in [4.78, 5) is 18.2. The molecular weight excluding hydrogens is 260 g/mol. The molecule has 1 amide bonds. The molecule has 1 aromatic rings. The summed E-state index contributed by atoms with van der Waals surface area (Å²) >= 11 is 0. The van der Waals surface area contributed by atoms with E-state index in [1.54, 1.807) is 0 Å². The van der Waals surface area contributed by atoms with E-state index in [0.717, 1.165) is 19.6 Å². The van der Waals surface area contributed by atoms with Crippen LogP contribution in [-0.2, 0) is 0 Å². The molecule has 0 aromatic carbocycles. The number of rotatable bonds is 6. The van der Waals surface area contributed by atoms with Gasteiger partial charge in [0.25, 0.3) is 5.91 Å². The summed E-state index contributed by atoms with van der Waals surface area (Å²) in [6.07, 6.45) is 5.04. The second-order valence-electron chi connectivity index (χ2n) is 5.02. The minimum absolute atomic E-state index is 0.175. The van der Waals surface area contributed by atoms with Gasteiger partial charge in [-0.2, -0.15) is 0 Å². The Labute approximate surface area is 118 Å². The quantitative estimate of drug-likeness (QED) is 0.672. The van der Waals surface area contributed by atoms with Gasteiger partial charge in [0.1, 0.15) is 12.3 Å². The van der Waals surface area contributed by atoms with Crippen molar-refractivity contribution in [2.24, 2.45) is 5.73 Å². The van der Waals surface area contributed by atoms with E-state index < -0.39 is 6.04 Å². The normalized spacial score (nSPS) is 17.9. The van der Waals surface area contributed by atoms with Crippen molar-refractivity contribution in [3.05, 3.63) is 17.8 Å². The van der Waals surface area contributed by atoms with E-state index in [1.165, 1.54) is 25.5 Å². The topological polar surface area (TPSA) is 105 Å². The van der Waals surface area contributed by atoms with Crippen LogP contribution in [0.5, 0.6) is 0 Å². The fourth-order valence-electron chi connectivity index (χ4n) is 2.24. The summed E-state index contributed by atoms with van der Waals surface area (Å²) in [6, 6.07) is -0.690. The zero-order valence-electron chi connectivity index (χ0n) is 11.5. The van der Waals surface area contributed by atoms with Crippen molar-refractivity contribution in [3.8, 4) is 0 Å². The number of amides is 1. The number of nitrogens with two attached hydrogens (primary N) is 1. The molecule has 1 atom stereocenters. The molecule has 0 spiro atoms. The Bertz CT molecular complexity index is 429. The van der Waals surface area contributed by atoms with E-state index in [2.05, 4.69) is 15.2 Å². The van der Waals surface area contributed by atoms with Crippen molar-refractivity contribution < 1.29 is 14.3 Å². The van der Waals surface area contributed by atoms with Crippen LogP contribution < -0.4 is 11.1 Å². The Morgan fingerprint density at radius 3 is 2.95 bits per heavy atom. The zero-order valence-corrected chi connectivity index (χ0v) is 11.5. The first-order valence-corrected chi connectivity index (χ1v) is 7.03. The smallest absolute Gasteiger partial charge is 0.273 e. The van der Waals surface area contributed by atoms with Gasteiger partial charge in [0.2, 0.25) is 5.89 Å². The molecule has 0 radical (unpaired) electrons. The number of oxazole rings is 1. The van der Waals surface area contributed by atoms with E-state index in [9.17, 15) is 4.79 Å². The van der Waals surface area contributed by atoms with Gasteiger partial charge in [-0.15, -0.1) is 0 Å². The maximum Gasteiger partial charge on any atom is 0.273 e. The van der Waals surface area contributed by atoms with Gasteiger partial charge in [-0.1, -0.05) is 6.42 Å². The van der Waals surface area contributed by atoms with Crippen LogP contribution in [0.1, 0.15) is 41.7 Å². The molecule has 1 aromatic heterocycles. The molecule has 4 N–H and O–H groups in total. The Kier molecular flexibility index (Phi) is 5.51. The van der Waals surface area contributed by atoms with Crippen LogP contribution in [0.3, 0.4) is 0 Å². The van der Waals surface area contributed by atoms with E-state index in [4.69, 9.17) is 15.3 Å². The second-order valence-corrected chi connectivity index (χ2v) is 5.02. The lowest BCUT2D eigenvalue weighted by Crippen LogP contribution is -2.37. The minimum Gasteiger partial charge on any atom is -0.446 e. The third-order valence-electron chi connectivity index (χ3n) is 3.43. The average molecular weight is 282 g/mol. The highest BCUT2D eigenvalue weighted by Gasteiger charge is 2.16. The maximum absolute atomic E-state index is 11.9. The Morgan fingerprint density at radius 1 is 1.50 bits per heavy atom. The van der Waals surface area contributed by atoms with E-state index in [-0.39, 0.29) is 24.1 Å². The summed E-state index contributed by atoms with van der Waals surface area (Å²) in [7, 11) is 0. The minimum atomic E-state index is -0.690. The summed E-state index contributed by atoms with van der Waals surface area (Å²) in [5.74, 6) is -0.101. The highest BCUT2D eigenvalue weighted by Crippen LogP contribution is 2.09. The summed E-state index contributed by atoms with van der Waals surface area (Å²) < 4.78 is 5.07. The van der Waals surface area contributed by atoms with Gasteiger partial charge < -0.3 is 25.5 Å². The number of nitrogens with zero attached hydrogens (tertiary/aromatic N) is 2. The Balaban J connectivity index is 1.75. The second kappa shape index (κ2) is 7.37. The highest BCUT2D eigenvalue weighted by atomic mass is 16.3. The van der Waals surface area contributed by atoms with Crippen LogP contribution in [-0.4, -0.2) is 53.7 Å². The van der Waals surface area contributed by atoms with Gasteiger partial charge in [0.15, 0.2) is 5.69 Å². The fraction of sp³-hybridized carbons (Fsp3) is 0.692. The van der Waals surface area contributed by atoms with Gasteiger partial charge in [-0.05, 0) is 25.9 Å². The highest BCUT2D eigenvalue weighted by molar-refractivity contribution is 5.91. The molecule has 7 nitrogen and oxygen atoms in total. The van der Waals surface area contributed by atoms with E-state index in [1.807, 2.05) is 0 Å². The average Bonchev–Trinajstić information content (AvgIpc) is 2.97. The number of hydrogen-bond acceptors (Lipinski definition) is 6. The Morgan fingerprint density at radius 2 is 2.25 bits per heavy atom. The van der Waals surface area contributed by atoms with Crippen molar-refractivity contribution in [3.63, 3.8) is 0 Å². The molecular formula is C13H22N4O3. The predicted octanol–water partition coefficient (Wildman–Crippen LogP) is -0.118. The van der Waals surface area contributed by atoms with Crippen molar-refractivity contribution in [1.29, 1.82) is 0 Å². The number of aliphatic hydroxyl groups excluding tert-OH is 1. The third kappa shape index (κ3) is 4.03. The molecule has 0 bridgehead atoms. The van der Waals surface area contributed by atoms with Crippen molar-refractivity contribution in [1.82, 2.24) is 15.2 Å². The number of nitrogens with one attached hydrogen (secondary N) is 1. The maximum atomic E-state index is 11.9. The molecule has 0 aliphatic carbocycles. The van der Waals surface area contributed by atoms with Crippen LogP contribution >= 0.6 is 0 Å². The Hall–Kier alpha value is -1.44. The summed E-state index contributed by atoms with van der Waals surface area (Å²) in [5, 5.41) is 11.7. The SMILES string of the molecule is NC(CO)c1nc(C(=O)NCCN2CCCCC2)co1. The first-order chi connectivity index (χ1) is 9.70. The van der Waals surface area contributed by atoms with E-state index >= 15 is 0 Å². The lowest BCUT2D eigenvalue weighted by molar-refractivity contribution is 0.0941. The van der Waals surface area contributed by atoms with Crippen LogP contribution in [0.2, 0.25) is 0 Å². The standard InChI is InChI=1S/C13H22N4O3/c14-10(8-18)13-16-11(9-20-13)12(19)15-4-7-17-5-2-1-3-6-17/h9-10,18H,1-8,14H2,(H,15,19). The lowest BCUT2D eigenvalue weighted by atomic mass is 10.1. The fourth-order valence-corrected chi connectivity index (χ4v) is 2.24.